The Bertz CT molecular complexity index is 3690. The molecule has 0 aromatic heterocycles. The molecule has 4 aromatic rings. The third-order valence-corrected chi connectivity index (χ3v) is 19.1. The van der Waals surface area contributed by atoms with Gasteiger partial charge < -0.3 is 142 Å². The van der Waals surface area contributed by atoms with Crippen LogP contribution in [0.25, 0.3) is 0 Å². The number of aliphatic hydroxyl groups is 13. The predicted octanol–water partition coefficient (Wildman–Crippen LogP) is -10.5. The first-order valence-electron chi connectivity index (χ1n) is 34.2. The summed E-state index contributed by atoms with van der Waals surface area (Å²) in [6.07, 6.45) is -31.5. The number of hydrogen-bond donors (Lipinski definition) is 23. The molecule has 4 fully saturated rings. The summed E-state index contributed by atoms with van der Waals surface area (Å²) in [6.45, 7) is -2.89. The number of amides is 6. The molecule has 10 rings (SSSR count). The normalized spacial score (nSPS) is 33.8. The van der Waals surface area contributed by atoms with Crippen molar-refractivity contribution in [1.82, 2.24) is 42.5 Å². The number of nitrogens with one attached hydrogen (secondary N) is 8. The molecular weight excluding hydrogens is 1400 g/mol. The molecule has 25 atom stereocenters. The van der Waals surface area contributed by atoms with Gasteiger partial charge in [-0.25, -0.2) is 9.57 Å². The van der Waals surface area contributed by atoms with E-state index in [1.807, 2.05) is 30.3 Å². The summed E-state index contributed by atoms with van der Waals surface area (Å²) in [5, 5.41) is 164. The minimum Gasteiger partial charge on any atom is -0.489 e. The number of ether oxygens (including phenoxy) is 7. The van der Waals surface area contributed by atoms with Gasteiger partial charge in [0.25, 0.3) is 0 Å². The van der Waals surface area contributed by atoms with Gasteiger partial charge in [0.1, 0.15) is 146 Å². The average molecular weight is 1490 g/mol. The zero-order valence-corrected chi connectivity index (χ0v) is 57.1. The first-order valence-corrected chi connectivity index (χ1v) is 34.2. The van der Waals surface area contributed by atoms with E-state index in [0.29, 0.717) is 17.9 Å². The zero-order valence-electron chi connectivity index (χ0n) is 57.1. The van der Waals surface area contributed by atoms with Crippen LogP contribution in [0.3, 0.4) is 0 Å². The lowest BCUT2D eigenvalue weighted by molar-refractivity contribution is -0.663. The fourth-order valence-corrected chi connectivity index (χ4v) is 13.0. The summed E-state index contributed by atoms with van der Waals surface area (Å²) in [4.78, 5) is 91.8. The summed E-state index contributed by atoms with van der Waals surface area (Å²) in [5.74, 6) is -8.24. The Morgan fingerprint density at radius 2 is 1.10 bits per heavy atom. The van der Waals surface area contributed by atoms with Crippen LogP contribution in [0, 0.1) is 0 Å². The maximum Gasteiger partial charge on any atom is 0.346 e. The number of benzene rings is 4. The lowest BCUT2D eigenvalue weighted by atomic mass is 9.92. The Morgan fingerprint density at radius 1 is 0.528 bits per heavy atom. The van der Waals surface area contributed by atoms with E-state index in [4.69, 9.17) is 44.6 Å². The van der Waals surface area contributed by atoms with Gasteiger partial charge in [0.2, 0.25) is 48.0 Å². The summed E-state index contributed by atoms with van der Waals surface area (Å²) >= 11 is 0. The fraction of sp³-hybridized carbons (Fsp3) is 0.529. The SMILES string of the molecule is C[C@H](c1ccccc1)[C@@H]1NC(=O)CNC(=O)[C@H](CO)NC(=O)[C@@H]([C@H](O)[C@@H]2CNC(N)=[N+]2[C@@H]2O[C@@H](CO)[C@H](O)[C@H](O)[C@@H]2O)NC(=O)[C@H]([C@H](O)[C@@H]2CNC(N)=N2)NC(=O)[C@@H](Cc2ccc(O[C@@H]3O[C@H](CO)[C@H](O[C@@H]4O[C@@H](COCc5ccc(OCc6ccccc6)cc5)[C@H](O)[C@H](O)[C@@H]4O)C(O)[C@H]3O)cc2)NC1=O. The Labute approximate surface area is 605 Å². The molecule has 0 saturated carbocycles. The van der Waals surface area contributed by atoms with Crippen molar-refractivity contribution < 1.29 is 133 Å². The van der Waals surface area contributed by atoms with Gasteiger partial charge in [0.15, 0.2) is 12.2 Å². The molecule has 0 spiro atoms. The highest BCUT2D eigenvalue weighted by Crippen LogP contribution is 2.32. The van der Waals surface area contributed by atoms with Gasteiger partial charge in [-0.3, -0.25) is 39.8 Å². The van der Waals surface area contributed by atoms with Crippen LogP contribution in [-0.2, 0) is 72.1 Å². The molecule has 6 heterocycles. The number of carbonyl (C=O) groups excluding carboxylic acids is 6. The van der Waals surface area contributed by atoms with Crippen LogP contribution in [0.2, 0.25) is 0 Å². The van der Waals surface area contributed by atoms with Gasteiger partial charge in [0, 0.05) is 18.9 Å². The van der Waals surface area contributed by atoms with Crippen LogP contribution in [0.15, 0.2) is 114 Å². The molecule has 0 bridgehead atoms. The molecular formula is C68H91N12O26+. The van der Waals surface area contributed by atoms with Crippen molar-refractivity contribution in [2.75, 3.05) is 46.1 Å². The fourth-order valence-electron chi connectivity index (χ4n) is 13.0. The summed E-state index contributed by atoms with van der Waals surface area (Å²) in [7, 11) is 0. The maximum absolute atomic E-state index is 15.2. The summed E-state index contributed by atoms with van der Waals surface area (Å²) in [5.41, 5.74) is 14.6. The first-order chi connectivity index (χ1) is 50.8. The van der Waals surface area contributed by atoms with E-state index in [-0.39, 0.29) is 43.0 Å². The quantitative estimate of drug-likeness (QED) is 0.0307. The molecule has 1 unspecified atom stereocenters. The van der Waals surface area contributed by atoms with Gasteiger partial charge in [-0.2, -0.15) is 0 Å². The third-order valence-electron chi connectivity index (χ3n) is 19.1. The second-order valence-electron chi connectivity index (χ2n) is 26.4. The Kier molecular flexibility index (Phi) is 27.2. The number of hydrogen-bond acceptors (Lipinski definition) is 31. The van der Waals surface area contributed by atoms with Gasteiger partial charge >= 0.3 is 5.96 Å². The number of guanidine groups is 2. The van der Waals surface area contributed by atoms with Crippen molar-refractivity contribution in [1.29, 1.82) is 0 Å². The van der Waals surface area contributed by atoms with Crippen LogP contribution < -0.4 is 63.5 Å². The van der Waals surface area contributed by atoms with Crippen LogP contribution >= 0.6 is 0 Å². The van der Waals surface area contributed by atoms with Crippen molar-refractivity contribution >= 4 is 47.4 Å². The summed E-state index contributed by atoms with van der Waals surface area (Å²) < 4.78 is 41.9. The minimum absolute atomic E-state index is 0.0285. The molecule has 38 nitrogen and oxygen atoms in total. The number of aliphatic hydroxyl groups excluding tert-OH is 13. The monoisotopic (exact) mass is 1490 g/mol. The van der Waals surface area contributed by atoms with E-state index in [2.05, 4.69) is 47.5 Å². The smallest absolute Gasteiger partial charge is 0.346 e. The number of nitrogens with two attached hydrogens (primary N) is 2. The highest BCUT2D eigenvalue weighted by atomic mass is 16.7. The lowest BCUT2D eigenvalue weighted by Crippen LogP contribution is -2.68. The third kappa shape index (κ3) is 18.9. The van der Waals surface area contributed by atoms with E-state index in [1.54, 1.807) is 61.5 Å². The van der Waals surface area contributed by atoms with Crippen molar-refractivity contribution in [2.45, 2.75) is 179 Å². The second-order valence-corrected chi connectivity index (χ2v) is 26.4. The molecule has 4 aromatic carbocycles. The van der Waals surface area contributed by atoms with Crippen LogP contribution in [0.4, 0.5) is 0 Å². The zero-order chi connectivity index (χ0) is 76.2. The number of nitrogens with zero attached hydrogens (tertiary/aromatic N) is 2. The highest BCUT2D eigenvalue weighted by molar-refractivity contribution is 5.98. The van der Waals surface area contributed by atoms with Gasteiger partial charge in [-0.1, -0.05) is 91.9 Å². The van der Waals surface area contributed by atoms with E-state index in [1.165, 1.54) is 24.3 Å². The molecule has 578 valence electrons. The molecule has 0 radical (unpaired) electrons. The topological polar surface area (TPSA) is 594 Å². The van der Waals surface area contributed by atoms with E-state index >= 15 is 9.59 Å². The van der Waals surface area contributed by atoms with Gasteiger partial charge in [-0.15, -0.1) is 0 Å². The van der Waals surface area contributed by atoms with Gasteiger partial charge in [-0.05, 0) is 46.5 Å². The Balaban J connectivity index is 0.875. The van der Waals surface area contributed by atoms with Crippen LogP contribution in [-0.4, -0.2) is 311 Å². The van der Waals surface area contributed by atoms with Crippen LogP contribution in [0.1, 0.15) is 35.1 Å². The van der Waals surface area contributed by atoms with Crippen LogP contribution in [0.5, 0.6) is 11.5 Å². The first kappa shape index (κ1) is 79.7. The molecule has 38 heteroatoms. The summed E-state index contributed by atoms with van der Waals surface area (Å²) in [6, 6.07) is 17.5. The molecule has 106 heavy (non-hydrogen) atoms. The standard InChI is InChI=1S/C68H90N12O26/c1-30(34-10-6-3-7-11-34)45-61(97)74-37(20-31-12-18-36(19-13-31)102-65-57(94)54(91)58(42(26-83)104-65)106-66-56(93)53(90)51(88)43(105-66)29-100-27-33-14-16-35(17-15-33)101-28-32-8-4-2-5-9-32)60(96)78-46(48(85)38-21-72-67(69)76-38)63(99)79-47(62(98)75-39(24-81)59(95)71-23-44(84)77-45)49(86)40-22-73-68(70)80(40)64-55(92)52(89)50(87)41(25-82)103-64/h2-19,30,37-43,45-58,64-66,81-83,85-94H,20-29H2,1H3,(H11,69,70,71,72,73,74,75,76,77,78,79,84,95,96,97,98,99)/p+1/t30-,37-,38+,39+,40+,41+,42-,43+,45+,46+,47-,48-,49-,50+,51+,52+,53+,54?,55+,56+,57-,58+,64-,65-,66+/m1/s1. The maximum atomic E-state index is 15.2. The van der Waals surface area contributed by atoms with Crippen molar-refractivity contribution in [3.8, 4) is 11.5 Å². The van der Waals surface area contributed by atoms with Crippen molar-refractivity contribution in [3.05, 3.63) is 131 Å². The van der Waals surface area contributed by atoms with E-state index in [9.17, 15) is 85.6 Å². The van der Waals surface area contributed by atoms with E-state index in [0.717, 1.165) is 15.7 Å². The number of carbonyl (C=O) groups is 6. The number of rotatable bonds is 23. The molecule has 6 amide bonds. The minimum atomic E-state index is -2.34. The van der Waals surface area contributed by atoms with Crippen molar-refractivity contribution in [2.24, 2.45) is 16.5 Å². The van der Waals surface area contributed by atoms with E-state index < -0.39 is 227 Å². The molecule has 0 aliphatic carbocycles. The van der Waals surface area contributed by atoms with Gasteiger partial charge in [0.05, 0.1) is 45.6 Å². The predicted molar refractivity (Wildman–Crippen MR) is 362 cm³/mol. The average Bonchev–Trinajstić information content (AvgIpc) is 1.73. The lowest BCUT2D eigenvalue weighted by Gasteiger charge is -2.46. The largest absolute Gasteiger partial charge is 0.489 e. The van der Waals surface area contributed by atoms with Crippen molar-refractivity contribution in [3.63, 3.8) is 0 Å². The molecule has 4 saturated heterocycles. The number of aliphatic imine (C=N–C) groups is 1. The molecule has 25 N–H and O–H groups in total. The molecule has 6 aliphatic rings. The second kappa shape index (κ2) is 36.1. The molecule has 6 aliphatic heterocycles. The Morgan fingerprint density at radius 3 is 1.76 bits per heavy atom. The Hall–Kier alpha value is -8.88. The highest BCUT2D eigenvalue weighted by Gasteiger charge is 2.55.